The number of carbonyl (C=O) groups is 1. The van der Waals surface area contributed by atoms with Gasteiger partial charge in [-0.3, -0.25) is 4.79 Å². The van der Waals surface area contributed by atoms with Gasteiger partial charge in [-0.25, -0.2) is 0 Å². The van der Waals surface area contributed by atoms with Gasteiger partial charge in [-0.15, -0.1) is 0 Å². The number of hydrogen-bond donors (Lipinski definition) is 2. The molecular formula is C6H15NO3. The number of ether oxygens (including phenoxy) is 1. The third kappa shape index (κ3) is 52.8. The molecule has 0 aromatic heterocycles. The van der Waals surface area contributed by atoms with Crippen molar-refractivity contribution in [3.05, 3.63) is 0 Å². The molecule has 0 aliphatic rings. The lowest BCUT2D eigenvalue weighted by atomic mass is 10.7. The SMILES string of the molecule is CC(N)=O.CCOC(C)O. The number of amides is 1. The van der Waals surface area contributed by atoms with E-state index in [9.17, 15) is 4.79 Å². The molecule has 10 heavy (non-hydrogen) atoms. The van der Waals surface area contributed by atoms with Crippen LogP contribution in [0.4, 0.5) is 0 Å². The average molecular weight is 149 g/mol. The van der Waals surface area contributed by atoms with Crippen LogP contribution >= 0.6 is 0 Å². The summed E-state index contributed by atoms with van der Waals surface area (Å²) in [6.07, 6.45) is -0.602. The van der Waals surface area contributed by atoms with Crippen LogP contribution in [-0.2, 0) is 9.53 Å². The molecule has 0 aromatic rings. The van der Waals surface area contributed by atoms with E-state index in [1.165, 1.54) is 6.92 Å². The van der Waals surface area contributed by atoms with Crippen LogP contribution in [0.1, 0.15) is 20.8 Å². The average Bonchev–Trinajstić information content (AvgIpc) is 1.62. The minimum Gasteiger partial charge on any atom is -0.370 e. The van der Waals surface area contributed by atoms with Crippen molar-refractivity contribution >= 4 is 5.91 Å². The lowest BCUT2D eigenvalue weighted by Crippen LogP contribution is -2.04. The van der Waals surface area contributed by atoms with Crippen LogP contribution in [0, 0.1) is 0 Å². The van der Waals surface area contributed by atoms with Crippen molar-refractivity contribution in [2.75, 3.05) is 6.61 Å². The first-order chi connectivity index (χ1) is 4.50. The molecule has 0 aliphatic carbocycles. The highest BCUT2D eigenvalue weighted by atomic mass is 16.6. The molecule has 0 saturated heterocycles. The molecule has 1 atom stereocenters. The third-order valence-electron chi connectivity index (χ3n) is 0.408. The Hall–Kier alpha value is -0.610. The van der Waals surface area contributed by atoms with E-state index < -0.39 is 6.29 Å². The Kier molecular flexibility index (Phi) is 10.2. The molecule has 0 radical (unpaired) electrons. The summed E-state index contributed by atoms with van der Waals surface area (Å²) in [4.78, 5) is 9.22. The first kappa shape index (κ1) is 12.1. The molecule has 0 spiro atoms. The molecule has 0 bridgehead atoms. The number of hydrogen-bond acceptors (Lipinski definition) is 3. The second kappa shape index (κ2) is 8.39. The number of carbonyl (C=O) groups excluding carboxylic acids is 1. The Labute approximate surface area is 61.0 Å². The zero-order chi connectivity index (χ0) is 8.57. The first-order valence-corrected chi connectivity index (χ1v) is 3.06. The van der Waals surface area contributed by atoms with Crippen molar-refractivity contribution in [3.8, 4) is 0 Å². The van der Waals surface area contributed by atoms with Gasteiger partial charge >= 0.3 is 0 Å². The molecule has 1 amide bonds. The molecule has 3 N–H and O–H groups in total. The summed E-state index contributed by atoms with van der Waals surface area (Å²) in [6.45, 7) is 5.31. The van der Waals surface area contributed by atoms with Crippen LogP contribution in [0.5, 0.6) is 0 Å². The topological polar surface area (TPSA) is 72.6 Å². The monoisotopic (exact) mass is 149 g/mol. The lowest BCUT2D eigenvalue weighted by Gasteiger charge is -1.99. The fraction of sp³-hybridized carbons (Fsp3) is 0.833. The summed E-state index contributed by atoms with van der Waals surface area (Å²) in [5.41, 5.74) is 4.47. The minimum absolute atomic E-state index is 0.333. The van der Waals surface area contributed by atoms with Crippen molar-refractivity contribution < 1.29 is 14.6 Å². The smallest absolute Gasteiger partial charge is 0.214 e. The molecule has 1 unspecified atom stereocenters. The van der Waals surface area contributed by atoms with Crippen molar-refractivity contribution in [3.63, 3.8) is 0 Å². The minimum atomic E-state index is -0.602. The van der Waals surface area contributed by atoms with Gasteiger partial charge in [-0.1, -0.05) is 0 Å². The number of nitrogens with two attached hydrogens (primary N) is 1. The van der Waals surface area contributed by atoms with E-state index in [-0.39, 0.29) is 5.91 Å². The number of aliphatic hydroxyl groups excluding tert-OH is 1. The van der Waals surface area contributed by atoms with E-state index in [1.807, 2.05) is 6.92 Å². The Morgan fingerprint density at radius 2 is 2.10 bits per heavy atom. The molecular weight excluding hydrogens is 134 g/mol. The lowest BCUT2D eigenvalue weighted by molar-refractivity contribution is -0.115. The second-order valence-electron chi connectivity index (χ2n) is 1.67. The summed E-state index contributed by atoms with van der Waals surface area (Å²) >= 11 is 0. The molecule has 62 valence electrons. The molecule has 0 fully saturated rings. The Morgan fingerprint density at radius 3 is 2.10 bits per heavy atom. The molecule has 0 rings (SSSR count). The van der Waals surface area contributed by atoms with Gasteiger partial charge < -0.3 is 15.6 Å². The van der Waals surface area contributed by atoms with Crippen LogP contribution in [0.2, 0.25) is 0 Å². The highest BCUT2D eigenvalue weighted by Gasteiger charge is 1.85. The van der Waals surface area contributed by atoms with Gasteiger partial charge in [0, 0.05) is 13.5 Å². The van der Waals surface area contributed by atoms with Gasteiger partial charge in [0.05, 0.1) is 0 Å². The normalized spacial score (nSPS) is 11.2. The Morgan fingerprint density at radius 1 is 1.80 bits per heavy atom. The highest BCUT2D eigenvalue weighted by Crippen LogP contribution is 1.78. The van der Waals surface area contributed by atoms with Crippen LogP contribution in [-0.4, -0.2) is 23.9 Å². The summed E-state index contributed by atoms with van der Waals surface area (Å²) in [7, 11) is 0. The largest absolute Gasteiger partial charge is 0.370 e. The number of rotatable bonds is 2. The summed E-state index contributed by atoms with van der Waals surface area (Å²) in [5.74, 6) is -0.333. The number of aliphatic hydroxyl groups is 1. The second-order valence-corrected chi connectivity index (χ2v) is 1.67. The molecule has 4 heteroatoms. The molecule has 0 saturated carbocycles. The van der Waals surface area contributed by atoms with Gasteiger partial charge in [0.15, 0.2) is 6.29 Å². The van der Waals surface area contributed by atoms with E-state index >= 15 is 0 Å². The van der Waals surface area contributed by atoms with E-state index in [0.717, 1.165) is 0 Å². The third-order valence-corrected chi connectivity index (χ3v) is 0.408. The molecule has 0 aromatic carbocycles. The summed E-state index contributed by atoms with van der Waals surface area (Å²) < 4.78 is 4.60. The fourth-order valence-corrected chi connectivity index (χ4v) is 0.241. The van der Waals surface area contributed by atoms with Crippen molar-refractivity contribution in [1.82, 2.24) is 0 Å². The zero-order valence-corrected chi connectivity index (χ0v) is 6.63. The van der Waals surface area contributed by atoms with E-state index in [2.05, 4.69) is 10.5 Å². The van der Waals surface area contributed by atoms with E-state index in [1.54, 1.807) is 6.92 Å². The zero-order valence-electron chi connectivity index (χ0n) is 6.63. The van der Waals surface area contributed by atoms with Gasteiger partial charge in [-0.2, -0.15) is 0 Å². The van der Waals surface area contributed by atoms with E-state index in [0.29, 0.717) is 6.61 Å². The molecule has 4 nitrogen and oxygen atoms in total. The fourth-order valence-electron chi connectivity index (χ4n) is 0.241. The van der Waals surface area contributed by atoms with Gasteiger partial charge in [0.2, 0.25) is 5.91 Å². The van der Waals surface area contributed by atoms with Crippen LogP contribution in [0.15, 0.2) is 0 Å². The van der Waals surface area contributed by atoms with Crippen molar-refractivity contribution in [2.24, 2.45) is 5.73 Å². The van der Waals surface area contributed by atoms with Crippen LogP contribution in [0.25, 0.3) is 0 Å². The maximum atomic E-state index is 9.22. The van der Waals surface area contributed by atoms with Gasteiger partial charge in [0.1, 0.15) is 0 Å². The highest BCUT2D eigenvalue weighted by molar-refractivity contribution is 5.70. The maximum absolute atomic E-state index is 9.22. The Bertz CT molecular complexity index is 79.1. The van der Waals surface area contributed by atoms with Crippen LogP contribution in [0.3, 0.4) is 0 Å². The predicted octanol–water partition coefficient (Wildman–Crippen LogP) is -0.147. The van der Waals surface area contributed by atoms with Gasteiger partial charge in [0.25, 0.3) is 0 Å². The van der Waals surface area contributed by atoms with Gasteiger partial charge in [-0.05, 0) is 13.8 Å². The van der Waals surface area contributed by atoms with Crippen molar-refractivity contribution in [2.45, 2.75) is 27.1 Å². The van der Waals surface area contributed by atoms with E-state index in [4.69, 9.17) is 5.11 Å². The standard InChI is InChI=1S/C4H10O2.C2H5NO/c1-3-6-4(2)5;1-2(3)4/h4-5H,3H2,1-2H3;1H3,(H2,3,4). The summed E-state index contributed by atoms with van der Waals surface area (Å²) in [6, 6.07) is 0. The van der Waals surface area contributed by atoms with Crippen LogP contribution < -0.4 is 5.73 Å². The molecule has 0 heterocycles. The quantitative estimate of drug-likeness (QED) is 0.536. The predicted molar refractivity (Wildman–Crippen MR) is 38.2 cm³/mol. The number of primary amides is 1. The maximum Gasteiger partial charge on any atom is 0.214 e. The molecule has 0 aliphatic heterocycles. The first-order valence-electron chi connectivity index (χ1n) is 3.06. The van der Waals surface area contributed by atoms with Crippen molar-refractivity contribution in [1.29, 1.82) is 0 Å². The summed E-state index contributed by atoms with van der Waals surface area (Å²) in [5, 5.41) is 8.33. The Balaban J connectivity index is 0.